The van der Waals surface area contributed by atoms with Gasteiger partial charge in [0.25, 0.3) is 11.6 Å². The number of pyridine rings is 1. The molecule has 0 aliphatic carbocycles. The van der Waals surface area contributed by atoms with Crippen molar-refractivity contribution in [3.8, 4) is 0 Å². The minimum Gasteiger partial charge on any atom is -0.367 e. The van der Waals surface area contributed by atoms with Crippen LogP contribution in [0.25, 0.3) is 0 Å². The first-order valence-electron chi connectivity index (χ1n) is 8.92. The maximum Gasteiger partial charge on any atom is 0.270 e. The Morgan fingerprint density at radius 3 is 2.43 bits per heavy atom. The smallest absolute Gasteiger partial charge is 0.270 e. The fourth-order valence-electron chi connectivity index (χ4n) is 2.43. The van der Waals surface area contributed by atoms with Gasteiger partial charge in [-0.25, -0.2) is 4.98 Å². The summed E-state index contributed by atoms with van der Waals surface area (Å²) < 4.78 is 0. The van der Waals surface area contributed by atoms with Crippen molar-refractivity contribution in [1.29, 1.82) is 0 Å². The number of benzene rings is 1. The molecule has 0 aliphatic rings. The first kappa shape index (κ1) is 20.9. The summed E-state index contributed by atoms with van der Waals surface area (Å²) in [7, 11) is 0. The summed E-state index contributed by atoms with van der Waals surface area (Å²) in [5, 5.41) is 27.6. The van der Waals surface area contributed by atoms with E-state index in [2.05, 4.69) is 31.1 Å². The summed E-state index contributed by atoms with van der Waals surface area (Å²) in [4.78, 5) is 26.6. The molecule has 0 spiro atoms. The third kappa shape index (κ3) is 5.61. The number of nitro benzene ring substituents is 1. The molecule has 1 amide bonds. The molecule has 0 saturated carbocycles. The first-order chi connectivity index (χ1) is 14.4. The molecule has 2 heterocycles. The van der Waals surface area contributed by atoms with Crippen LogP contribution in [-0.2, 0) is 0 Å². The van der Waals surface area contributed by atoms with Crippen LogP contribution in [0.15, 0.2) is 48.7 Å². The highest BCUT2D eigenvalue weighted by molar-refractivity contribution is 6.34. The van der Waals surface area contributed by atoms with E-state index in [-0.39, 0.29) is 16.3 Å². The Balaban J connectivity index is 1.45. The van der Waals surface area contributed by atoms with Crippen molar-refractivity contribution in [3.63, 3.8) is 0 Å². The molecule has 3 aromatic rings. The molecule has 0 radical (unpaired) electrons. The maximum absolute atomic E-state index is 12.2. The van der Waals surface area contributed by atoms with Gasteiger partial charge < -0.3 is 16.0 Å². The molecule has 11 heteroatoms. The number of nitrogens with one attached hydrogen (secondary N) is 3. The molecule has 154 valence electrons. The topological polar surface area (TPSA) is 135 Å². The van der Waals surface area contributed by atoms with Gasteiger partial charge in [0.2, 0.25) is 0 Å². The second-order valence-corrected chi connectivity index (χ2v) is 6.66. The number of rotatable bonds is 8. The molecule has 0 fully saturated rings. The zero-order valence-corrected chi connectivity index (χ0v) is 16.7. The second kappa shape index (κ2) is 9.61. The standard InChI is InChI=1S/C19H18ClN7O3/c1-12-2-5-16(23-11-12)24-18-7-6-17(25-26-18)21-8-9-22-19(28)14-4-3-13(27(29)30)10-15(14)20/h2-7,10-11H,8-9H2,1H3,(H,21,25)(H,22,28)(H,23,24,26). The van der Waals surface area contributed by atoms with E-state index in [9.17, 15) is 14.9 Å². The molecule has 1 aromatic carbocycles. The number of hydrogen-bond donors (Lipinski definition) is 3. The number of carbonyl (C=O) groups excluding carboxylic acids is 1. The average Bonchev–Trinajstić information content (AvgIpc) is 2.73. The number of amides is 1. The van der Waals surface area contributed by atoms with Crippen LogP contribution in [0.3, 0.4) is 0 Å². The van der Waals surface area contributed by atoms with E-state index in [1.165, 1.54) is 12.1 Å². The second-order valence-electron chi connectivity index (χ2n) is 6.25. The van der Waals surface area contributed by atoms with Gasteiger partial charge in [0.05, 0.1) is 15.5 Å². The molecule has 0 unspecified atom stereocenters. The lowest BCUT2D eigenvalue weighted by Crippen LogP contribution is -2.29. The quantitative estimate of drug-likeness (QED) is 0.283. The lowest BCUT2D eigenvalue weighted by Gasteiger charge is -2.09. The molecule has 0 atom stereocenters. The van der Waals surface area contributed by atoms with Gasteiger partial charge in [0.1, 0.15) is 11.6 Å². The Bertz CT molecular complexity index is 1040. The molecule has 0 bridgehead atoms. The number of nitrogens with zero attached hydrogens (tertiary/aromatic N) is 4. The zero-order chi connectivity index (χ0) is 21.5. The monoisotopic (exact) mass is 427 g/mol. The van der Waals surface area contributed by atoms with Crippen LogP contribution in [0, 0.1) is 17.0 Å². The van der Waals surface area contributed by atoms with Crippen LogP contribution in [0.5, 0.6) is 0 Å². The number of nitro groups is 1. The average molecular weight is 428 g/mol. The maximum atomic E-state index is 12.2. The fourth-order valence-corrected chi connectivity index (χ4v) is 2.69. The highest BCUT2D eigenvalue weighted by atomic mass is 35.5. The van der Waals surface area contributed by atoms with Crippen molar-refractivity contribution in [2.75, 3.05) is 23.7 Å². The minimum absolute atomic E-state index is 0.0201. The Kier molecular flexibility index (Phi) is 6.71. The van der Waals surface area contributed by atoms with Crippen LogP contribution in [0.1, 0.15) is 15.9 Å². The number of aryl methyl sites for hydroxylation is 1. The van der Waals surface area contributed by atoms with Crippen LogP contribution in [0.4, 0.5) is 23.1 Å². The summed E-state index contributed by atoms with van der Waals surface area (Å²) in [6.45, 7) is 2.65. The van der Waals surface area contributed by atoms with E-state index >= 15 is 0 Å². The highest BCUT2D eigenvalue weighted by Crippen LogP contribution is 2.22. The lowest BCUT2D eigenvalue weighted by atomic mass is 10.2. The number of non-ortho nitro benzene ring substituents is 1. The molecule has 0 aliphatic heterocycles. The van der Waals surface area contributed by atoms with Crippen LogP contribution < -0.4 is 16.0 Å². The predicted molar refractivity (Wildman–Crippen MR) is 113 cm³/mol. The molecule has 30 heavy (non-hydrogen) atoms. The SMILES string of the molecule is Cc1ccc(Nc2ccc(NCCNC(=O)c3ccc([N+](=O)[O-])cc3Cl)nn2)nc1. The van der Waals surface area contributed by atoms with Gasteiger partial charge in [0, 0.05) is 31.4 Å². The van der Waals surface area contributed by atoms with Gasteiger partial charge >= 0.3 is 0 Å². The fraction of sp³-hybridized carbons (Fsp3) is 0.158. The van der Waals surface area contributed by atoms with E-state index in [0.29, 0.717) is 30.5 Å². The molecule has 3 rings (SSSR count). The third-order valence-electron chi connectivity index (χ3n) is 3.96. The van der Waals surface area contributed by atoms with E-state index in [4.69, 9.17) is 11.6 Å². The summed E-state index contributed by atoms with van der Waals surface area (Å²) in [6, 6.07) is 11.0. The molecule has 10 nitrogen and oxygen atoms in total. The predicted octanol–water partition coefficient (Wildman–Crippen LogP) is 3.33. The number of anilines is 3. The van der Waals surface area contributed by atoms with E-state index in [0.717, 1.165) is 11.6 Å². The van der Waals surface area contributed by atoms with Gasteiger partial charge in [-0.2, -0.15) is 0 Å². The largest absolute Gasteiger partial charge is 0.367 e. The number of halogens is 1. The Morgan fingerprint density at radius 1 is 1.07 bits per heavy atom. The first-order valence-corrected chi connectivity index (χ1v) is 9.29. The van der Waals surface area contributed by atoms with Crippen molar-refractivity contribution >= 4 is 40.6 Å². The van der Waals surface area contributed by atoms with E-state index in [1.807, 2.05) is 19.1 Å². The molecule has 2 aromatic heterocycles. The molecular formula is C19H18ClN7O3. The Morgan fingerprint density at radius 2 is 1.80 bits per heavy atom. The molecule has 3 N–H and O–H groups in total. The molecular weight excluding hydrogens is 410 g/mol. The molecule has 0 saturated heterocycles. The normalized spacial score (nSPS) is 10.3. The van der Waals surface area contributed by atoms with Gasteiger partial charge in [0.15, 0.2) is 5.82 Å². The Hall–Kier alpha value is -3.79. The van der Waals surface area contributed by atoms with Crippen molar-refractivity contribution in [2.45, 2.75) is 6.92 Å². The highest BCUT2D eigenvalue weighted by Gasteiger charge is 2.14. The van der Waals surface area contributed by atoms with E-state index in [1.54, 1.807) is 18.3 Å². The van der Waals surface area contributed by atoms with Crippen LogP contribution in [0.2, 0.25) is 5.02 Å². The van der Waals surface area contributed by atoms with Crippen LogP contribution >= 0.6 is 11.6 Å². The van der Waals surface area contributed by atoms with Gasteiger partial charge in [-0.05, 0) is 36.8 Å². The zero-order valence-electron chi connectivity index (χ0n) is 15.9. The summed E-state index contributed by atoms with van der Waals surface area (Å²) in [6.07, 6.45) is 1.75. The van der Waals surface area contributed by atoms with Crippen molar-refractivity contribution < 1.29 is 9.72 Å². The summed E-state index contributed by atoms with van der Waals surface area (Å²) >= 11 is 5.95. The van der Waals surface area contributed by atoms with Crippen molar-refractivity contribution in [1.82, 2.24) is 20.5 Å². The number of hydrogen-bond acceptors (Lipinski definition) is 8. The van der Waals surface area contributed by atoms with Crippen LogP contribution in [-0.4, -0.2) is 39.1 Å². The van der Waals surface area contributed by atoms with Gasteiger partial charge in [-0.3, -0.25) is 14.9 Å². The lowest BCUT2D eigenvalue weighted by molar-refractivity contribution is -0.384. The van der Waals surface area contributed by atoms with Gasteiger partial charge in [-0.15, -0.1) is 10.2 Å². The summed E-state index contributed by atoms with van der Waals surface area (Å²) in [5.74, 6) is 1.34. The number of aromatic nitrogens is 3. The van der Waals surface area contributed by atoms with Crippen molar-refractivity contribution in [3.05, 3.63) is 74.9 Å². The van der Waals surface area contributed by atoms with E-state index < -0.39 is 10.8 Å². The summed E-state index contributed by atoms with van der Waals surface area (Å²) in [5.41, 5.74) is 1.06. The Labute approximate surface area is 176 Å². The third-order valence-corrected chi connectivity index (χ3v) is 4.27. The van der Waals surface area contributed by atoms with Crippen molar-refractivity contribution in [2.24, 2.45) is 0 Å². The minimum atomic E-state index is -0.573. The van der Waals surface area contributed by atoms with Gasteiger partial charge in [-0.1, -0.05) is 17.7 Å². The number of carbonyl (C=O) groups is 1.